The average Bonchev–Trinajstić information content (AvgIpc) is 2.41. The first-order valence-electron chi connectivity index (χ1n) is 5.76. The number of aromatic carboxylic acids is 1. The van der Waals surface area contributed by atoms with E-state index in [0.29, 0.717) is 11.1 Å². The van der Waals surface area contributed by atoms with Crippen molar-refractivity contribution in [2.75, 3.05) is 26.3 Å². The van der Waals surface area contributed by atoms with E-state index in [9.17, 15) is 9.90 Å². The minimum Gasteiger partial charge on any atom is -0.545 e. The van der Waals surface area contributed by atoms with Gasteiger partial charge in [-0.2, -0.15) is 5.26 Å². The number of carboxylic acids is 1. The Morgan fingerprint density at radius 3 is 2.50 bits per heavy atom. The topological polar surface area (TPSA) is 89.8 Å². The van der Waals surface area contributed by atoms with Gasteiger partial charge in [0.1, 0.15) is 0 Å². The van der Waals surface area contributed by atoms with Gasteiger partial charge in [0.15, 0.2) is 0 Å². The minimum atomic E-state index is -1.25. The van der Waals surface area contributed by atoms with Gasteiger partial charge in [-0.1, -0.05) is 6.07 Å². The molecule has 0 saturated carbocycles. The number of morpholine rings is 1. The summed E-state index contributed by atoms with van der Waals surface area (Å²) in [4.78, 5) is 10.5. The molecule has 0 aromatic heterocycles. The van der Waals surface area contributed by atoms with Gasteiger partial charge in [0, 0.05) is 5.56 Å². The summed E-state index contributed by atoms with van der Waals surface area (Å²) in [5.74, 6) is -1.25. The molecule has 5 heteroatoms. The highest BCUT2D eigenvalue weighted by Crippen LogP contribution is 2.09. The molecule has 1 aromatic carbocycles. The van der Waals surface area contributed by atoms with Gasteiger partial charge in [-0.15, -0.1) is 0 Å². The average molecular weight is 248 g/mol. The van der Waals surface area contributed by atoms with Gasteiger partial charge in [0.25, 0.3) is 0 Å². The largest absolute Gasteiger partial charge is 0.545 e. The molecule has 5 nitrogen and oxygen atoms in total. The standard InChI is InChI=1S/C9H7NO2.C4H9NO/c1-6-2-3-7(5-10)4-8(6)9(11)12;1-3-6-4-2-5-1/h2-4H,1H3,(H,11,12);5H,1-4H2. The van der Waals surface area contributed by atoms with Crippen molar-refractivity contribution < 1.29 is 20.0 Å². The van der Waals surface area contributed by atoms with Crippen molar-refractivity contribution >= 4 is 5.97 Å². The molecular formula is C13H16N2O3. The van der Waals surface area contributed by atoms with E-state index in [2.05, 4.69) is 5.32 Å². The molecule has 1 aliphatic rings. The number of hydrogen-bond donors (Lipinski definition) is 1. The fraction of sp³-hybridized carbons (Fsp3) is 0.385. The van der Waals surface area contributed by atoms with E-state index < -0.39 is 5.97 Å². The monoisotopic (exact) mass is 248 g/mol. The lowest BCUT2D eigenvalue weighted by atomic mass is 10.1. The Bertz CT molecular complexity index is 437. The molecule has 0 atom stereocenters. The highest BCUT2D eigenvalue weighted by Gasteiger charge is 1.99. The fourth-order valence-electron chi connectivity index (χ4n) is 1.49. The van der Waals surface area contributed by atoms with E-state index in [0.717, 1.165) is 26.3 Å². The van der Waals surface area contributed by atoms with Crippen molar-refractivity contribution in [2.24, 2.45) is 0 Å². The first-order valence-corrected chi connectivity index (χ1v) is 5.76. The molecule has 0 amide bonds. The fourth-order valence-corrected chi connectivity index (χ4v) is 1.49. The molecular weight excluding hydrogens is 232 g/mol. The van der Waals surface area contributed by atoms with Crippen molar-refractivity contribution in [1.29, 1.82) is 5.26 Å². The molecule has 0 radical (unpaired) electrons. The second-order valence-corrected chi connectivity index (χ2v) is 3.91. The predicted octanol–water partition coefficient (Wildman–Crippen LogP) is -1.19. The molecule has 2 N–H and O–H groups in total. The van der Waals surface area contributed by atoms with Crippen LogP contribution >= 0.6 is 0 Å². The third-order valence-electron chi connectivity index (χ3n) is 2.52. The summed E-state index contributed by atoms with van der Waals surface area (Å²) in [5.41, 5.74) is 1.02. The Labute approximate surface area is 106 Å². The quantitative estimate of drug-likeness (QED) is 0.676. The normalized spacial score (nSPS) is 14.0. The minimum absolute atomic E-state index is 0.0778. The van der Waals surface area contributed by atoms with Crippen molar-refractivity contribution in [1.82, 2.24) is 0 Å². The van der Waals surface area contributed by atoms with E-state index >= 15 is 0 Å². The van der Waals surface area contributed by atoms with Crippen LogP contribution in [-0.4, -0.2) is 32.3 Å². The molecule has 2 rings (SSSR count). The number of rotatable bonds is 1. The number of nitrogens with zero attached hydrogens (tertiary/aromatic N) is 1. The number of carbonyl (C=O) groups is 1. The maximum atomic E-state index is 10.5. The molecule has 1 heterocycles. The van der Waals surface area contributed by atoms with Crippen molar-refractivity contribution in [3.63, 3.8) is 0 Å². The smallest absolute Gasteiger partial charge is 0.0993 e. The van der Waals surface area contributed by atoms with Crippen LogP contribution in [-0.2, 0) is 4.74 Å². The van der Waals surface area contributed by atoms with Crippen LogP contribution in [0.25, 0.3) is 0 Å². The summed E-state index contributed by atoms with van der Waals surface area (Å²) >= 11 is 0. The van der Waals surface area contributed by atoms with Gasteiger partial charge in [0.05, 0.1) is 43.9 Å². The summed E-state index contributed by atoms with van der Waals surface area (Å²) < 4.78 is 5.04. The lowest BCUT2D eigenvalue weighted by Gasteiger charge is -2.07. The number of carbonyl (C=O) groups excluding carboxylic acids is 1. The number of nitriles is 1. The van der Waals surface area contributed by atoms with Gasteiger partial charge >= 0.3 is 0 Å². The predicted molar refractivity (Wildman–Crippen MR) is 62.7 cm³/mol. The molecule has 1 saturated heterocycles. The SMILES string of the molecule is C1COCC[NH2+]1.Cc1ccc(C#N)cc1C(=O)[O-]. The van der Waals surface area contributed by atoms with E-state index in [4.69, 9.17) is 10.00 Å². The third kappa shape index (κ3) is 4.53. The highest BCUT2D eigenvalue weighted by atomic mass is 16.5. The first kappa shape index (κ1) is 14.2. The van der Waals surface area contributed by atoms with Crippen LogP contribution in [0.5, 0.6) is 0 Å². The van der Waals surface area contributed by atoms with Crippen LogP contribution in [0.1, 0.15) is 21.5 Å². The maximum Gasteiger partial charge on any atom is 0.0993 e. The Morgan fingerprint density at radius 2 is 2.11 bits per heavy atom. The van der Waals surface area contributed by atoms with Gasteiger partial charge in [-0.25, -0.2) is 0 Å². The van der Waals surface area contributed by atoms with Crippen molar-refractivity contribution in [3.8, 4) is 6.07 Å². The number of benzene rings is 1. The summed E-state index contributed by atoms with van der Waals surface area (Å²) in [5, 5.41) is 21.2. The van der Waals surface area contributed by atoms with Gasteiger partial charge in [-0.3, -0.25) is 0 Å². The first-order chi connectivity index (χ1) is 8.65. The molecule has 1 aliphatic heterocycles. The van der Waals surface area contributed by atoms with E-state index in [-0.39, 0.29) is 5.56 Å². The molecule has 96 valence electrons. The Kier molecular flexibility index (Phi) is 5.85. The molecule has 1 aromatic rings. The number of nitrogens with two attached hydrogens (primary N) is 1. The second kappa shape index (κ2) is 7.43. The molecule has 0 bridgehead atoms. The molecule has 0 aliphatic carbocycles. The van der Waals surface area contributed by atoms with Crippen LogP contribution in [0.15, 0.2) is 18.2 Å². The van der Waals surface area contributed by atoms with E-state index in [1.165, 1.54) is 6.07 Å². The lowest BCUT2D eigenvalue weighted by molar-refractivity contribution is -0.670. The molecule has 1 fully saturated rings. The molecule has 0 unspecified atom stereocenters. The number of carboxylic acid groups (broad SMARTS) is 1. The van der Waals surface area contributed by atoms with Gasteiger partial charge in [-0.05, 0) is 24.6 Å². The lowest BCUT2D eigenvalue weighted by Crippen LogP contribution is -2.87. The van der Waals surface area contributed by atoms with E-state index in [1.807, 2.05) is 6.07 Å². The zero-order valence-corrected chi connectivity index (χ0v) is 10.3. The molecule has 18 heavy (non-hydrogen) atoms. The summed E-state index contributed by atoms with van der Waals surface area (Å²) in [7, 11) is 0. The number of hydrogen-bond acceptors (Lipinski definition) is 4. The summed E-state index contributed by atoms with van der Waals surface area (Å²) in [6.07, 6.45) is 0. The van der Waals surface area contributed by atoms with Crippen LogP contribution in [0, 0.1) is 18.3 Å². The Hall–Kier alpha value is -1.90. The number of quaternary nitrogens is 1. The van der Waals surface area contributed by atoms with Crippen LogP contribution in [0.2, 0.25) is 0 Å². The van der Waals surface area contributed by atoms with Crippen LogP contribution in [0.3, 0.4) is 0 Å². The summed E-state index contributed by atoms with van der Waals surface area (Å²) in [6.45, 7) is 5.85. The summed E-state index contributed by atoms with van der Waals surface area (Å²) in [6, 6.07) is 6.33. The second-order valence-electron chi connectivity index (χ2n) is 3.91. The van der Waals surface area contributed by atoms with E-state index in [1.54, 1.807) is 19.1 Å². The van der Waals surface area contributed by atoms with Gasteiger partial charge in [0.2, 0.25) is 0 Å². The third-order valence-corrected chi connectivity index (χ3v) is 2.52. The maximum absolute atomic E-state index is 10.5. The van der Waals surface area contributed by atoms with Crippen molar-refractivity contribution in [2.45, 2.75) is 6.92 Å². The molecule has 0 spiro atoms. The Morgan fingerprint density at radius 1 is 1.44 bits per heavy atom. The van der Waals surface area contributed by atoms with Crippen molar-refractivity contribution in [3.05, 3.63) is 34.9 Å². The zero-order valence-electron chi connectivity index (χ0n) is 10.3. The van der Waals surface area contributed by atoms with Gasteiger partial charge < -0.3 is 20.0 Å². The number of aryl methyl sites for hydroxylation is 1. The Balaban J connectivity index is 0.000000225. The van der Waals surface area contributed by atoms with Crippen LogP contribution < -0.4 is 10.4 Å². The number of ether oxygens (including phenoxy) is 1. The highest BCUT2D eigenvalue weighted by molar-refractivity contribution is 5.88. The van der Waals surface area contributed by atoms with Crippen LogP contribution in [0.4, 0.5) is 0 Å². The zero-order chi connectivity index (χ0) is 13.4.